The first kappa shape index (κ1) is 14.2. The standard InChI is InChI=1S/C14H19BrO2/c1-11(2)17-14-9-4-3-7-12(14)13(16)8-5-6-10-15/h3-4,7,9,11H,5-6,8,10H2,1-2H3. The van der Waals surface area contributed by atoms with E-state index in [4.69, 9.17) is 4.74 Å². The van der Waals surface area contributed by atoms with E-state index >= 15 is 0 Å². The van der Waals surface area contributed by atoms with Crippen LogP contribution in [0.25, 0.3) is 0 Å². The van der Waals surface area contributed by atoms with Crippen LogP contribution in [0.4, 0.5) is 0 Å². The molecule has 0 aliphatic heterocycles. The average Bonchev–Trinajstić information content (AvgIpc) is 2.29. The van der Waals surface area contributed by atoms with Crippen LogP contribution in [0.5, 0.6) is 5.75 Å². The van der Waals surface area contributed by atoms with Gasteiger partial charge >= 0.3 is 0 Å². The molecule has 3 heteroatoms. The molecule has 0 radical (unpaired) electrons. The Balaban J connectivity index is 2.71. The second kappa shape index (κ2) is 7.49. The number of hydrogen-bond acceptors (Lipinski definition) is 2. The van der Waals surface area contributed by atoms with Gasteiger partial charge in [0.25, 0.3) is 0 Å². The number of carbonyl (C=O) groups excluding carboxylic acids is 1. The van der Waals surface area contributed by atoms with Gasteiger partial charge in [-0.15, -0.1) is 0 Å². The highest BCUT2D eigenvalue weighted by Gasteiger charge is 2.12. The molecule has 1 aromatic rings. The molecule has 2 nitrogen and oxygen atoms in total. The number of carbonyl (C=O) groups is 1. The molecule has 17 heavy (non-hydrogen) atoms. The second-order valence-corrected chi connectivity index (χ2v) is 5.03. The predicted molar refractivity (Wildman–Crippen MR) is 74.2 cm³/mol. The van der Waals surface area contributed by atoms with E-state index < -0.39 is 0 Å². The summed E-state index contributed by atoms with van der Waals surface area (Å²) < 4.78 is 5.64. The number of halogens is 1. The Morgan fingerprint density at radius 1 is 1.29 bits per heavy atom. The van der Waals surface area contributed by atoms with Crippen molar-refractivity contribution >= 4 is 21.7 Å². The third-order valence-electron chi connectivity index (χ3n) is 2.34. The maximum atomic E-state index is 12.0. The molecule has 94 valence electrons. The van der Waals surface area contributed by atoms with Gasteiger partial charge in [0, 0.05) is 11.8 Å². The van der Waals surface area contributed by atoms with Gasteiger partial charge in [-0.3, -0.25) is 4.79 Å². The van der Waals surface area contributed by atoms with E-state index in [1.165, 1.54) is 0 Å². The third-order valence-corrected chi connectivity index (χ3v) is 2.90. The quantitative estimate of drug-likeness (QED) is 0.428. The number of para-hydroxylation sites is 1. The number of ketones is 1. The summed E-state index contributed by atoms with van der Waals surface area (Å²) in [6.07, 6.45) is 2.62. The maximum absolute atomic E-state index is 12.0. The van der Waals surface area contributed by atoms with E-state index in [1.54, 1.807) is 0 Å². The van der Waals surface area contributed by atoms with E-state index in [2.05, 4.69) is 15.9 Å². The zero-order valence-electron chi connectivity index (χ0n) is 10.4. The largest absolute Gasteiger partial charge is 0.490 e. The van der Waals surface area contributed by atoms with Crippen molar-refractivity contribution in [2.75, 3.05) is 5.33 Å². The number of unbranched alkanes of at least 4 members (excludes halogenated alkanes) is 1. The van der Waals surface area contributed by atoms with Gasteiger partial charge in [-0.25, -0.2) is 0 Å². The molecule has 0 N–H and O–H groups in total. The van der Waals surface area contributed by atoms with Crippen molar-refractivity contribution in [3.63, 3.8) is 0 Å². The number of alkyl halides is 1. The summed E-state index contributed by atoms with van der Waals surface area (Å²) in [7, 11) is 0. The fourth-order valence-electron chi connectivity index (χ4n) is 1.57. The van der Waals surface area contributed by atoms with Crippen molar-refractivity contribution in [1.82, 2.24) is 0 Å². The van der Waals surface area contributed by atoms with Gasteiger partial charge in [0.1, 0.15) is 5.75 Å². The molecule has 0 saturated carbocycles. The fraction of sp³-hybridized carbons (Fsp3) is 0.500. The Kier molecular flexibility index (Phi) is 6.27. The molecular weight excluding hydrogens is 280 g/mol. The van der Waals surface area contributed by atoms with Crippen LogP contribution in [0.3, 0.4) is 0 Å². The van der Waals surface area contributed by atoms with Crippen molar-refractivity contribution in [2.24, 2.45) is 0 Å². The molecule has 0 aliphatic rings. The first-order valence-corrected chi connectivity index (χ1v) is 7.12. The first-order chi connectivity index (χ1) is 8.15. The molecule has 0 heterocycles. The maximum Gasteiger partial charge on any atom is 0.166 e. The second-order valence-electron chi connectivity index (χ2n) is 4.23. The summed E-state index contributed by atoms with van der Waals surface area (Å²) in [5, 5.41) is 0.949. The summed E-state index contributed by atoms with van der Waals surface area (Å²) in [4.78, 5) is 12.0. The Morgan fingerprint density at radius 2 is 2.00 bits per heavy atom. The number of Topliss-reactive ketones (excluding diaryl/α,β-unsaturated/α-hetero) is 1. The number of ether oxygens (including phenoxy) is 1. The average molecular weight is 299 g/mol. The van der Waals surface area contributed by atoms with Crippen LogP contribution < -0.4 is 4.74 Å². The van der Waals surface area contributed by atoms with Crippen LogP contribution in [-0.4, -0.2) is 17.2 Å². The fourth-order valence-corrected chi connectivity index (χ4v) is 1.96. The van der Waals surface area contributed by atoms with Crippen molar-refractivity contribution in [3.8, 4) is 5.75 Å². The van der Waals surface area contributed by atoms with Crippen LogP contribution in [0.2, 0.25) is 0 Å². The molecule has 0 spiro atoms. The Bertz CT molecular complexity index is 361. The number of rotatable bonds is 7. The molecule has 0 atom stereocenters. The molecule has 0 aliphatic carbocycles. The minimum absolute atomic E-state index is 0.0893. The predicted octanol–water partition coefficient (Wildman–Crippen LogP) is 4.22. The normalized spacial score (nSPS) is 10.6. The van der Waals surface area contributed by atoms with Crippen LogP contribution in [0.1, 0.15) is 43.5 Å². The minimum Gasteiger partial charge on any atom is -0.490 e. The molecule has 0 saturated heterocycles. The van der Waals surface area contributed by atoms with Crippen molar-refractivity contribution in [3.05, 3.63) is 29.8 Å². The minimum atomic E-state index is 0.0893. The summed E-state index contributed by atoms with van der Waals surface area (Å²) in [5.41, 5.74) is 0.704. The summed E-state index contributed by atoms with van der Waals surface area (Å²) >= 11 is 3.37. The zero-order chi connectivity index (χ0) is 12.7. The van der Waals surface area contributed by atoms with E-state index in [9.17, 15) is 4.79 Å². The molecule has 0 bridgehead atoms. The van der Waals surface area contributed by atoms with Gasteiger partial charge in [-0.05, 0) is 38.8 Å². The molecule has 0 amide bonds. The molecular formula is C14H19BrO2. The van der Waals surface area contributed by atoms with Gasteiger partial charge in [0.15, 0.2) is 5.78 Å². The van der Waals surface area contributed by atoms with Crippen LogP contribution in [0, 0.1) is 0 Å². The molecule has 0 unspecified atom stereocenters. The Morgan fingerprint density at radius 3 is 2.65 bits per heavy atom. The highest BCUT2D eigenvalue weighted by molar-refractivity contribution is 9.09. The molecule has 0 fully saturated rings. The topological polar surface area (TPSA) is 26.3 Å². The summed E-state index contributed by atoms with van der Waals surface area (Å²) in [6.45, 7) is 3.93. The number of hydrogen-bond donors (Lipinski definition) is 0. The lowest BCUT2D eigenvalue weighted by atomic mass is 10.0. The van der Waals surface area contributed by atoms with Gasteiger partial charge in [0.05, 0.1) is 11.7 Å². The lowest BCUT2D eigenvalue weighted by Crippen LogP contribution is -2.10. The van der Waals surface area contributed by atoms with Crippen molar-refractivity contribution < 1.29 is 9.53 Å². The molecule has 1 aromatic carbocycles. The summed E-state index contributed by atoms with van der Waals surface area (Å²) in [5.74, 6) is 0.869. The van der Waals surface area contributed by atoms with Gasteiger partial charge in [0.2, 0.25) is 0 Å². The lowest BCUT2D eigenvalue weighted by Gasteiger charge is -2.13. The Hall–Kier alpha value is -0.830. The van der Waals surface area contributed by atoms with E-state index in [0.29, 0.717) is 17.7 Å². The molecule has 0 aromatic heterocycles. The smallest absolute Gasteiger partial charge is 0.166 e. The zero-order valence-corrected chi connectivity index (χ0v) is 12.0. The van der Waals surface area contributed by atoms with Crippen LogP contribution in [-0.2, 0) is 0 Å². The van der Waals surface area contributed by atoms with Crippen molar-refractivity contribution in [2.45, 2.75) is 39.2 Å². The summed E-state index contributed by atoms with van der Waals surface area (Å²) in [6, 6.07) is 7.48. The first-order valence-electron chi connectivity index (χ1n) is 6.00. The highest BCUT2D eigenvalue weighted by atomic mass is 79.9. The monoisotopic (exact) mass is 298 g/mol. The van der Waals surface area contributed by atoms with E-state index in [0.717, 1.165) is 18.2 Å². The lowest BCUT2D eigenvalue weighted by molar-refractivity contribution is 0.0974. The SMILES string of the molecule is CC(C)Oc1ccccc1C(=O)CCCCBr. The van der Waals surface area contributed by atoms with Gasteiger partial charge in [-0.1, -0.05) is 28.1 Å². The van der Waals surface area contributed by atoms with Gasteiger partial charge < -0.3 is 4.74 Å². The van der Waals surface area contributed by atoms with Gasteiger partial charge in [-0.2, -0.15) is 0 Å². The van der Waals surface area contributed by atoms with E-state index in [1.807, 2.05) is 38.1 Å². The van der Waals surface area contributed by atoms with Crippen LogP contribution >= 0.6 is 15.9 Å². The molecule has 1 rings (SSSR count). The Labute approximate surface area is 111 Å². The number of benzene rings is 1. The van der Waals surface area contributed by atoms with Crippen LogP contribution in [0.15, 0.2) is 24.3 Å². The van der Waals surface area contributed by atoms with E-state index in [-0.39, 0.29) is 11.9 Å². The highest BCUT2D eigenvalue weighted by Crippen LogP contribution is 2.21. The third kappa shape index (κ3) is 4.90. The van der Waals surface area contributed by atoms with Crippen molar-refractivity contribution in [1.29, 1.82) is 0 Å².